The second kappa shape index (κ2) is 4.76. The molecule has 2 aromatic rings. The highest BCUT2D eigenvalue weighted by molar-refractivity contribution is 5.48. The molecular formula is C14H11F2NO2. The van der Waals surface area contributed by atoms with Gasteiger partial charge in [0.25, 0.3) is 0 Å². The summed E-state index contributed by atoms with van der Waals surface area (Å²) in [5.74, 6) is 0.183. The van der Waals surface area contributed by atoms with Crippen LogP contribution in [0.5, 0.6) is 11.5 Å². The number of hydrogen-bond acceptors (Lipinski definition) is 3. The number of anilines is 1. The Morgan fingerprint density at radius 2 is 1.84 bits per heavy atom. The van der Waals surface area contributed by atoms with Crippen molar-refractivity contribution in [3.8, 4) is 11.5 Å². The van der Waals surface area contributed by atoms with Crippen LogP contribution in [0.25, 0.3) is 0 Å². The molecule has 1 N–H and O–H groups in total. The summed E-state index contributed by atoms with van der Waals surface area (Å²) in [5.41, 5.74) is 1.19. The lowest BCUT2D eigenvalue weighted by Crippen LogP contribution is -2.01. The van der Waals surface area contributed by atoms with Gasteiger partial charge in [0.15, 0.2) is 11.5 Å². The molecule has 19 heavy (non-hydrogen) atoms. The Balaban J connectivity index is 1.72. The Hall–Kier alpha value is -2.30. The van der Waals surface area contributed by atoms with Crippen LogP contribution in [-0.4, -0.2) is 6.79 Å². The highest BCUT2D eigenvalue weighted by Gasteiger charge is 2.13. The van der Waals surface area contributed by atoms with E-state index in [0.717, 1.165) is 11.6 Å². The highest BCUT2D eigenvalue weighted by atomic mass is 19.1. The first kappa shape index (κ1) is 11.8. The SMILES string of the molecule is Fc1ccc(NCc2ccc3c(c2)OCO3)c(F)c1. The van der Waals surface area contributed by atoms with Crippen LogP contribution in [0.3, 0.4) is 0 Å². The Labute approximate surface area is 108 Å². The van der Waals surface area contributed by atoms with Gasteiger partial charge in [0.1, 0.15) is 11.6 Å². The predicted octanol–water partition coefficient (Wildman–Crippen LogP) is 3.31. The van der Waals surface area contributed by atoms with E-state index in [9.17, 15) is 8.78 Å². The third-order valence-electron chi connectivity index (χ3n) is 2.85. The van der Waals surface area contributed by atoms with E-state index >= 15 is 0 Å². The van der Waals surface area contributed by atoms with Crippen molar-refractivity contribution in [1.29, 1.82) is 0 Å². The average Bonchev–Trinajstić information content (AvgIpc) is 2.85. The van der Waals surface area contributed by atoms with Gasteiger partial charge in [0.05, 0.1) is 5.69 Å². The molecular weight excluding hydrogens is 252 g/mol. The second-order valence-corrected chi connectivity index (χ2v) is 4.17. The van der Waals surface area contributed by atoms with Gasteiger partial charge in [-0.3, -0.25) is 0 Å². The number of halogens is 2. The predicted molar refractivity (Wildman–Crippen MR) is 66.2 cm³/mol. The molecule has 5 heteroatoms. The minimum absolute atomic E-state index is 0.221. The van der Waals surface area contributed by atoms with Crippen molar-refractivity contribution >= 4 is 5.69 Å². The average molecular weight is 263 g/mol. The Morgan fingerprint density at radius 1 is 1.00 bits per heavy atom. The summed E-state index contributed by atoms with van der Waals surface area (Å²) in [4.78, 5) is 0. The number of ether oxygens (including phenoxy) is 2. The zero-order valence-electron chi connectivity index (χ0n) is 9.95. The van der Waals surface area contributed by atoms with Gasteiger partial charge in [0, 0.05) is 12.6 Å². The van der Waals surface area contributed by atoms with Gasteiger partial charge >= 0.3 is 0 Å². The lowest BCUT2D eigenvalue weighted by molar-refractivity contribution is 0.174. The number of fused-ring (bicyclic) bond motifs is 1. The van der Waals surface area contributed by atoms with Crippen molar-refractivity contribution in [3.05, 3.63) is 53.6 Å². The smallest absolute Gasteiger partial charge is 0.231 e. The maximum Gasteiger partial charge on any atom is 0.231 e. The molecule has 0 atom stereocenters. The first-order chi connectivity index (χ1) is 9.22. The molecule has 0 saturated carbocycles. The molecule has 3 nitrogen and oxygen atoms in total. The third-order valence-corrected chi connectivity index (χ3v) is 2.85. The maximum absolute atomic E-state index is 13.4. The zero-order valence-corrected chi connectivity index (χ0v) is 9.95. The Kier molecular flexibility index (Phi) is 2.95. The lowest BCUT2D eigenvalue weighted by atomic mass is 10.2. The molecule has 1 aliphatic heterocycles. The summed E-state index contributed by atoms with van der Waals surface area (Å²) in [6.07, 6.45) is 0. The number of benzene rings is 2. The minimum Gasteiger partial charge on any atom is -0.454 e. The van der Waals surface area contributed by atoms with Crippen LogP contribution < -0.4 is 14.8 Å². The van der Waals surface area contributed by atoms with Gasteiger partial charge in [-0.15, -0.1) is 0 Å². The monoisotopic (exact) mass is 263 g/mol. The topological polar surface area (TPSA) is 30.5 Å². The molecule has 3 rings (SSSR count). The summed E-state index contributed by atoms with van der Waals surface area (Å²) in [6, 6.07) is 8.93. The fourth-order valence-corrected chi connectivity index (χ4v) is 1.88. The van der Waals surface area contributed by atoms with Crippen molar-refractivity contribution in [2.45, 2.75) is 6.54 Å². The van der Waals surface area contributed by atoms with Crippen molar-refractivity contribution in [1.82, 2.24) is 0 Å². The van der Waals surface area contributed by atoms with Gasteiger partial charge in [0.2, 0.25) is 6.79 Å². The van der Waals surface area contributed by atoms with Gasteiger partial charge in [-0.25, -0.2) is 8.78 Å². The molecule has 2 aromatic carbocycles. The van der Waals surface area contributed by atoms with E-state index in [-0.39, 0.29) is 12.5 Å². The molecule has 1 heterocycles. The van der Waals surface area contributed by atoms with E-state index < -0.39 is 11.6 Å². The van der Waals surface area contributed by atoms with Crippen molar-refractivity contribution in [3.63, 3.8) is 0 Å². The van der Waals surface area contributed by atoms with E-state index in [4.69, 9.17) is 9.47 Å². The van der Waals surface area contributed by atoms with E-state index in [1.807, 2.05) is 12.1 Å². The van der Waals surface area contributed by atoms with Crippen LogP contribution in [0.1, 0.15) is 5.56 Å². The largest absolute Gasteiger partial charge is 0.454 e. The molecule has 0 amide bonds. The van der Waals surface area contributed by atoms with Crippen LogP contribution >= 0.6 is 0 Å². The molecule has 0 unspecified atom stereocenters. The van der Waals surface area contributed by atoms with E-state index in [0.29, 0.717) is 18.0 Å². The Bertz CT molecular complexity index is 616. The Morgan fingerprint density at radius 3 is 2.68 bits per heavy atom. The van der Waals surface area contributed by atoms with Gasteiger partial charge in [-0.1, -0.05) is 6.07 Å². The van der Waals surface area contributed by atoms with Crippen molar-refractivity contribution in [2.24, 2.45) is 0 Å². The fraction of sp³-hybridized carbons (Fsp3) is 0.143. The molecule has 0 aliphatic carbocycles. The summed E-state index contributed by atoms with van der Waals surface area (Å²) in [5, 5.41) is 2.91. The second-order valence-electron chi connectivity index (χ2n) is 4.17. The number of rotatable bonds is 3. The van der Waals surface area contributed by atoms with Crippen LogP contribution in [0, 0.1) is 11.6 Å². The molecule has 1 aliphatic rings. The van der Waals surface area contributed by atoms with Crippen LogP contribution in [0.4, 0.5) is 14.5 Å². The van der Waals surface area contributed by atoms with E-state index in [2.05, 4.69) is 5.32 Å². The fourth-order valence-electron chi connectivity index (χ4n) is 1.88. The van der Waals surface area contributed by atoms with Gasteiger partial charge in [-0.05, 0) is 29.8 Å². The van der Waals surface area contributed by atoms with E-state index in [1.54, 1.807) is 6.07 Å². The maximum atomic E-state index is 13.4. The molecule has 0 fully saturated rings. The standard InChI is InChI=1S/C14H11F2NO2/c15-10-2-3-12(11(16)6-10)17-7-9-1-4-13-14(5-9)19-8-18-13/h1-6,17H,7-8H2. The first-order valence-corrected chi connectivity index (χ1v) is 5.80. The van der Waals surface area contributed by atoms with E-state index in [1.165, 1.54) is 12.1 Å². The molecule has 0 spiro atoms. The molecule has 0 saturated heterocycles. The quantitative estimate of drug-likeness (QED) is 0.921. The van der Waals surface area contributed by atoms with Gasteiger partial charge < -0.3 is 14.8 Å². The summed E-state index contributed by atoms with van der Waals surface area (Å²) < 4.78 is 36.6. The molecule has 98 valence electrons. The molecule has 0 radical (unpaired) electrons. The van der Waals surface area contributed by atoms with Gasteiger partial charge in [-0.2, -0.15) is 0 Å². The normalized spacial score (nSPS) is 12.5. The summed E-state index contributed by atoms with van der Waals surface area (Å²) in [6.45, 7) is 0.637. The number of nitrogens with one attached hydrogen (secondary N) is 1. The summed E-state index contributed by atoms with van der Waals surface area (Å²) in [7, 11) is 0. The first-order valence-electron chi connectivity index (χ1n) is 5.80. The van der Waals surface area contributed by atoms with Crippen LogP contribution in [0.15, 0.2) is 36.4 Å². The molecule has 0 aromatic heterocycles. The van der Waals surface area contributed by atoms with Crippen LogP contribution in [0.2, 0.25) is 0 Å². The van der Waals surface area contributed by atoms with Crippen LogP contribution in [-0.2, 0) is 6.54 Å². The summed E-state index contributed by atoms with van der Waals surface area (Å²) >= 11 is 0. The van der Waals surface area contributed by atoms with Crippen molar-refractivity contribution < 1.29 is 18.3 Å². The highest BCUT2D eigenvalue weighted by Crippen LogP contribution is 2.32. The minimum atomic E-state index is -0.610. The molecule has 0 bridgehead atoms. The lowest BCUT2D eigenvalue weighted by Gasteiger charge is -2.08. The zero-order chi connectivity index (χ0) is 13.2. The third kappa shape index (κ3) is 2.45. The number of hydrogen-bond donors (Lipinski definition) is 1. The van der Waals surface area contributed by atoms with Crippen molar-refractivity contribution in [2.75, 3.05) is 12.1 Å².